The van der Waals surface area contributed by atoms with Gasteiger partial charge in [-0.1, -0.05) is 13.3 Å². The number of nitrogens with zero attached hydrogens (tertiary/aromatic N) is 2. The van der Waals surface area contributed by atoms with Crippen LogP contribution in [0.5, 0.6) is 5.75 Å². The molecule has 0 spiro atoms. The van der Waals surface area contributed by atoms with Crippen molar-refractivity contribution in [1.82, 2.24) is 9.80 Å². The largest absolute Gasteiger partial charge is 0.493 e. The molecule has 1 aliphatic rings. The second kappa shape index (κ2) is 9.68. The minimum Gasteiger partial charge on any atom is -0.493 e. The number of benzene rings is 1. The second-order valence-electron chi connectivity index (χ2n) is 8.91. The maximum Gasteiger partial charge on any atom is 0.417 e. The van der Waals surface area contributed by atoms with Crippen LogP contribution in [0.1, 0.15) is 57.6 Å². The highest BCUT2D eigenvalue weighted by molar-refractivity contribution is 6.06. The Balaban J connectivity index is 1.65. The molecule has 1 saturated heterocycles. The van der Waals surface area contributed by atoms with E-state index in [2.05, 4.69) is 0 Å². The third kappa shape index (κ3) is 4.90. The van der Waals surface area contributed by atoms with Gasteiger partial charge >= 0.3 is 17.8 Å². The Kier molecular flexibility index (Phi) is 7.28. The number of alkyl halides is 3. The molecule has 1 aromatic carbocycles. The van der Waals surface area contributed by atoms with Gasteiger partial charge in [0.25, 0.3) is 5.91 Å². The molecule has 2 heterocycles. The minimum absolute atomic E-state index is 0.100. The molecule has 3 rings (SSSR count). The van der Waals surface area contributed by atoms with E-state index in [1.54, 1.807) is 20.9 Å². The first-order valence-electron chi connectivity index (χ1n) is 11.3. The molecule has 1 aromatic heterocycles. The maximum absolute atomic E-state index is 13.4. The van der Waals surface area contributed by atoms with Gasteiger partial charge in [-0.05, 0) is 51.7 Å². The molecule has 0 bridgehead atoms. The summed E-state index contributed by atoms with van der Waals surface area (Å²) in [5.41, 5.74) is -2.61. The van der Waals surface area contributed by atoms with E-state index in [-0.39, 0.29) is 22.9 Å². The van der Waals surface area contributed by atoms with Crippen molar-refractivity contribution in [3.8, 4) is 5.75 Å². The van der Waals surface area contributed by atoms with Crippen molar-refractivity contribution >= 4 is 22.9 Å². The summed E-state index contributed by atoms with van der Waals surface area (Å²) in [6, 6.07) is 2.89. The zero-order valence-corrected chi connectivity index (χ0v) is 19.8. The van der Waals surface area contributed by atoms with Gasteiger partial charge in [-0.2, -0.15) is 13.2 Å². The molecule has 0 N–H and O–H groups in total. The first-order chi connectivity index (χ1) is 15.9. The molecular formula is C24H29F3N2O5. The number of halogens is 3. The predicted octanol–water partition coefficient (Wildman–Crippen LogP) is 4.99. The van der Waals surface area contributed by atoms with Gasteiger partial charge in [0.05, 0.1) is 12.2 Å². The summed E-state index contributed by atoms with van der Waals surface area (Å²) >= 11 is 0. The fraction of sp³-hybridized carbons (Fsp3) is 0.542. The third-order valence-corrected chi connectivity index (χ3v) is 6.19. The van der Waals surface area contributed by atoms with E-state index < -0.39 is 22.9 Å². The highest BCUT2D eigenvalue weighted by Crippen LogP contribution is 2.37. The molecule has 0 atom stereocenters. The summed E-state index contributed by atoms with van der Waals surface area (Å²) in [6.07, 6.45) is -1.76. The van der Waals surface area contributed by atoms with Crippen molar-refractivity contribution < 1.29 is 31.9 Å². The van der Waals surface area contributed by atoms with Crippen LogP contribution in [-0.2, 0) is 17.4 Å². The number of aryl methyl sites for hydroxylation is 1. The van der Waals surface area contributed by atoms with Crippen molar-refractivity contribution in [2.75, 3.05) is 20.2 Å². The number of amides is 3. The molecule has 2 aromatic rings. The second-order valence-corrected chi connectivity index (χ2v) is 8.91. The van der Waals surface area contributed by atoms with Gasteiger partial charge in [0.15, 0.2) is 0 Å². The smallest absolute Gasteiger partial charge is 0.417 e. The summed E-state index contributed by atoms with van der Waals surface area (Å²) in [5, 5.41) is -0.171. The molecule has 0 saturated carbocycles. The Morgan fingerprint density at radius 3 is 2.38 bits per heavy atom. The standard InChI is InChI=1S/C24H29F3N2O5/c1-5-9-16-18(11-10-15-17(24(25,26)27)14-19(30)34-20(15)16)33-13-8-6-7-12-29-21(31)23(2,3)28(4)22(29)32/h10-11,14H,5-9,12-13H2,1-4H3. The van der Waals surface area contributed by atoms with Gasteiger partial charge in [-0.15, -0.1) is 0 Å². The number of fused-ring (bicyclic) bond motifs is 1. The van der Waals surface area contributed by atoms with E-state index in [4.69, 9.17) is 9.15 Å². The first-order valence-corrected chi connectivity index (χ1v) is 11.3. The molecule has 0 radical (unpaired) electrons. The number of unbranched alkanes of at least 4 members (excludes halogenated alkanes) is 2. The lowest BCUT2D eigenvalue weighted by Crippen LogP contribution is -2.41. The van der Waals surface area contributed by atoms with Gasteiger partial charge < -0.3 is 14.1 Å². The highest BCUT2D eigenvalue weighted by atomic mass is 19.4. The summed E-state index contributed by atoms with van der Waals surface area (Å²) in [7, 11) is 1.60. The zero-order valence-electron chi connectivity index (χ0n) is 19.8. The van der Waals surface area contributed by atoms with Gasteiger partial charge in [0, 0.05) is 30.6 Å². The number of ether oxygens (including phenoxy) is 1. The van der Waals surface area contributed by atoms with Gasteiger partial charge in [-0.25, -0.2) is 9.59 Å². The van der Waals surface area contributed by atoms with Gasteiger partial charge in [-0.3, -0.25) is 9.69 Å². The number of hydrogen-bond acceptors (Lipinski definition) is 5. The Morgan fingerprint density at radius 2 is 1.79 bits per heavy atom. The fourth-order valence-corrected chi connectivity index (χ4v) is 4.03. The zero-order chi connectivity index (χ0) is 25.3. The summed E-state index contributed by atoms with van der Waals surface area (Å²) in [5.74, 6) is 0.154. The van der Waals surface area contributed by atoms with E-state index in [1.807, 2.05) is 6.92 Å². The minimum atomic E-state index is -4.68. The lowest BCUT2D eigenvalue weighted by molar-refractivity contribution is -0.136. The Bertz CT molecular complexity index is 1140. The van der Waals surface area contributed by atoms with Crippen molar-refractivity contribution in [2.45, 2.75) is 64.6 Å². The Morgan fingerprint density at radius 1 is 1.09 bits per heavy atom. The van der Waals surface area contributed by atoms with Crippen LogP contribution >= 0.6 is 0 Å². The molecule has 10 heteroatoms. The Labute approximate surface area is 195 Å². The average molecular weight is 482 g/mol. The van der Waals surface area contributed by atoms with Crippen LogP contribution in [0.3, 0.4) is 0 Å². The molecule has 0 unspecified atom stereocenters. The van der Waals surface area contributed by atoms with Crippen molar-refractivity contribution in [3.63, 3.8) is 0 Å². The van der Waals surface area contributed by atoms with Crippen molar-refractivity contribution in [3.05, 3.63) is 39.7 Å². The highest BCUT2D eigenvalue weighted by Gasteiger charge is 2.48. The number of likely N-dealkylation sites (N-methyl/N-ethyl adjacent to an activating group) is 1. The van der Waals surface area contributed by atoms with Crippen LogP contribution in [0.4, 0.5) is 18.0 Å². The van der Waals surface area contributed by atoms with Crippen LogP contribution < -0.4 is 10.4 Å². The van der Waals surface area contributed by atoms with E-state index in [9.17, 15) is 27.6 Å². The van der Waals surface area contributed by atoms with E-state index >= 15 is 0 Å². The third-order valence-electron chi connectivity index (χ3n) is 6.19. The van der Waals surface area contributed by atoms with Crippen LogP contribution in [0.2, 0.25) is 0 Å². The van der Waals surface area contributed by atoms with E-state index in [0.717, 1.165) is 0 Å². The first kappa shape index (κ1) is 25.6. The van der Waals surface area contributed by atoms with Crippen LogP contribution in [0, 0.1) is 0 Å². The van der Waals surface area contributed by atoms with Crippen molar-refractivity contribution in [2.24, 2.45) is 0 Å². The number of rotatable bonds is 9. The number of carbonyl (C=O) groups excluding carboxylic acids is 2. The van der Waals surface area contributed by atoms with Crippen LogP contribution in [-0.4, -0.2) is 47.5 Å². The summed E-state index contributed by atoms with van der Waals surface area (Å²) in [4.78, 5) is 39.1. The molecule has 34 heavy (non-hydrogen) atoms. The van der Waals surface area contributed by atoms with Crippen molar-refractivity contribution in [1.29, 1.82) is 0 Å². The lowest BCUT2D eigenvalue weighted by Gasteiger charge is -2.22. The van der Waals surface area contributed by atoms with Gasteiger partial charge in [0.1, 0.15) is 16.9 Å². The Hall–Kier alpha value is -3.04. The summed E-state index contributed by atoms with van der Waals surface area (Å²) < 4.78 is 51.2. The topological polar surface area (TPSA) is 80.1 Å². The van der Waals surface area contributed by atoms with E-state index in [1.165, 1.54) is 21.9 Å². The SMILES string of the molecule is CCCc1c(OCCCCCN2C(=O)N(C)C(C)(C)C2=O)ccc2c(C(F)(F)F)cc(=O)oc12. The predicted molar refractivity (Wildman–Crippen MR) is 120 cm³/mol. The number of urea groups is 1. The maximum atomic E-state index is 13.4. The normalized spacial score (nSPS) is 16.1. The fourth-order valence-electron chi connectivity index (χ4n) is 4.03. The molecule has 3 amide bonds. The monoisotopic (exact) mass is 482 g/mol. The molecule has 7 nitrogen and oxygen atoms in total. The molecule has 1 aliphatic heterocycles. The number of hydrogen-bond donors (Lipinski definition) is 0. The molecule has 1 fully saturated rings. The average Bonchev–Trinajstić information content (AvgIpc) is 2.90. The van der Waals surface area contributed by atoms with Gasteiger partial charge in [0.2, 0.25) is 0 Å². The molecule has 186 valence electrons. The molecular weight excluding hydrogens is 453 g/mol. The number of carbonyl (C=O) groups is 2. The van der Waals surface area contributed by atoms with Crippen LogP contribution in [0.25, 0.3) is 11.0 Å². The summed E-state index contributed by atoms with van der Waals surface area (Å²) in [6.45, 7) is 5.89. The number of imide groups is 1. The quantitative estimate of drug-likeness (QED) is 0.286. The lowest BCUT2D eigenvalue weighted by atomic mass is 10.0. The molecule has 0 aliphatic carbocycles. The van der Waals surface area contributed by atoms with Crippen LogP contribution in [0.15, 0.2) is 27.4 Å². The van der Waals surface area contributed by atoms with E-state index in [0.29, 0.717) is 62.6 Å².